The summed E-state index contributed by atoms with van der Waals surface area (Å²) in [5, 5.41) is 28.2. The standard InChI is InChI=1S/C31H22N4O6S/c1-41-25-14-11-23(12-15-25)33-34-24-13-16-26(36)21(17-24)18-27-29(38)35(28(37)19-5-3-2-4-6-19)31(42-27)32-22-9-7-20(8-10-22)30(39)40/h2-18,36H,1H3,(H,39,40). The van der Waals surface area contributed by atoms with Crippen molar-refractivity contribution < 1.29 is 29.3 Å². The Morgan fingerprint density at radius 3 is 2.14 bits per heavy atom. The average Bonchev–Trinajstić information content (AvgIpc) is 3.31. The lowest BCUT2D eigenvalue weighted by Gasteiger charge is -2.13. The van der Waals surface area contributed by atoms with E-state index in [1.54, 1.807) is 73.8 Å². The van der Waals surface area contributed by atoms with Gasteiger partial charge in [0.2, 0.25) is 0 Å². The first-order valence-corrected chi connectivity index (χ1v) is 13.3. The zero-order valence-corrected chi connectivity index (χ0v) is 22.9. The molecule has 10 nitrogen and oxygen atoms in total. The van der Waals surface area contributed by atoms with E-state index in [2.05, 4.69) is 15.2 Å². The van der Waals surface area contributed by atoms with E-state index in [4.69, 9.17) is 4.74 Å². The largest absolute Gasteiger partial charge is 0.507 e. The van der Waals surface area contributed by atoms with Gasteiger partial charge in [-0.2, -0.15) is 10.2 Å². The van der Waals surface area contributed by atoms with Gasteiger partial charge in [-0.25, -0.2) is 14.7 Å². The zero-order valence-electron chi connectivity index (χ0n) is 22.0. The van der Waals surface area contributed by atoms with Crippen LogP contribution >= 0.6 is 11.8 Å². The van der Waals surface area contributed by atoms with Crippen LogP contribution in [0, 0.1) is 0 Å². The summed E-state index contributed by atoms with van der Waals surface area (Å²) in [5.41, 5.74) is 2.02. The minimum absolute atomic E-state index is 0.0754. The van der Waals surface area contributed by atoms with Crippen LogP contribution in [0.25, 0.3) is 6.08 Å². The molecule has 1 saturated heterocycles. The van der Waals surface area contributed by atoms with E-state index in [0.29, 0.717) is 22.8 Å². The molecule has 0 aromatic heterocycles. The van der Waals surface area contributed by atoms with Crippen molar-refractivity contribution in [1.82, 2.24) is 4.90 Å². The fourth-order valence-electron chi connectivity index (χ4n) is 3.85. The second kappa shape index (κ2) is 12.3. The van der Waals surface area contributed by atoms with Crippen molar-refractivity contribution >= 4 is 57.9 Å². The van der Waals surface area contributed by atoms with E-state index in [0.717, 1.165) is 16.7 Å². The molecule has 1 fully saturated rings. The van der Waals surface area contributed by atoms with Crippen molar-refractivity contribution in [1.29, 1.82) is 0 Å². The third kappa shape index (κ3) is 6.26. The minimum atomic E-state index is -1.09. The van der Waals surface area contributed by atoms with Crippen molar-refractivity contribution in [3.05, 3.63) is 119 Å². The second-order valence-electron chi connectivity index (χ2n) is 8.81. The third-order valence-electron chi connectivity index (χ3n) is 6.02. The lowest BCUT2D eigenvalue weighted by Crippen LogP contribution is -2.35. The Bertz CT molecular complexity index is 1750. The Morgan fingerprint density at radius 2 is 1.48 bits per heavy atom. The van der Waals surface area contributed by atoms with Gasteiger partial charge in [-0.1, -0.05) is 18.2 Å². The number of aromatic hydroxyl groups is 1. The number of hydrogen-bond acceptors (Lipinski definition) is 9. The van der Waals surface area contributed by atoms with Gasteiger partial charge in [0, 0.05) is 11.1 Å². The molecule has 1 heterocycles. The van der Waals surface area contributed by atoms with Gasteiger partial charge in [0.1, 0.15) is 11.5 Å². The van der Waals surface area contributed by atoms with Crippen LogP contribution in [0.1, 0.15) is 26.3 Å². The van der Waals surface area contributed by atoms with E-state index in [9.17, 15) is 24.6 Å². The van der Waals surface area contributed by atoms with Crippen LogP contribution in [0.5, 0.6) is 11.5 Å². The third-order valence-corrected chi connectivity index (χ3v) is 6.99. The summed E-state index contributed by atoms with van der Waals surface area (Å²) in [6, 6.07) is 25.6. The molecule has 11 heteroatoms. The maximum absolute atomic E-state index is 13.6. The summed E-state index contributed by atoms with van der Waals surface area (Å²) in [7, 11) is 1.57. The molecule has 0 bridgehead atoms. The predicted octanol–water partition coefficient (Wildman–Crippen LogP) is 6.96. The number of thioether (sulfide) groups is 1. The number of phenolic OH excluding ortho intramolecular Hbond substituents is 1. The Hall–Kier alpha value is -5.55. The molecule has 0 aliphatic carbocycles. The number of phenols is 1. The quantitative estimate of drug-likeness (QED) is 0.137. The van der Waals surface area contributed by atoms with Crippen molar-refractivity contribution in [3.63, 3.8) is 0 Å². The molecule has 1 aliphatic rings. The summed E-state index contributed by atoms with van der Waals surface area (Å²) in [4.78, 5) is 43.7. The number of carbonyl (C=O) groups excluding carboxylic acids is 2. The molecule has 2 amide bonds. The molecule has 2 N–H and O–H groups in total. The monoisotopic (exact) mass is 578 g/mol. The number of amides is 2. The van der Waals surface area contributed by atoms with Crippen LogP contribution in [0.3, 0.4) is 0 Å². The SMILES string of the molecule is COc1ccc(N=Nc2ccc(O)c(C=C3SC(=Nc4ccc(C(=O)O)cc4)N(C(=O)c4ccccc4)C3=O)c2)cc1. The first-order chi connectivity index (χ1) is 20.3. The molecule has 0 radical (unpaired) electrons. The van der Waals surface area contributed by atoms with Crippen LogP contribution in [0.15, 0.2) is 117 Å². The van der Waals surface area contributed by atoms with Gasteiger partial charge in [0.05, 0.1) is 34.6 Å². The fourth-order valence-corrected chi connectivity index (χ4v) is 4.82. The van der Waals surface area contributed by atoms with Gasteiger partial charge < -0.3 is 14.9 Å². The summed E-state index contributed by atoms with van der Waals surface area (Å²) in [6.07, 6.45) is 1.45. The number of ether oxygens (including phenoxy) is 1. The van der Waals surface area contributed by atoms with E-state index in [-0.39, 0.29) is 32.5 Å². The maximum atomic E-state index is 13.6. The van der Waals surface area contributed by atoms with E-state index in [1.165, 1.54) is 36.4 Å². The van der Waals surface area contributed by atoms with Crippen LogP contribution in [0.2, 0.25) is 0 Å². The number of nitrogens with zero attached hydrogens (tertiary/aromatic N) is 4. The number of carbonyl (C=O) groups is 3. The molecule has 4 aromatic rings. The smallest absolute Gasteiger partial charge is 0.335 e. The number of azo groups is 1. The highest BCUT2D eigenvalue weighted by molar-refractivity contribution is 8.18. The van der Waals surface area contributed by atoms with Crippen LogP contribution in [0.4, 0.5) is 17.1 Å². The number of methoxy groups -OCH3 is 1. The predicted molar refractivity (Wildman–Crippen MR) is 159 cm³/mol. The molecule has 42 heavy (non-hydrogen) atoms. The number of carboxylic acid groups (broad SMARTS) is 1. The van der Waals surface area contributed by atoms with E-state index < -0.39 is 17.8 Å². The molecule has 0 saturated carbocycles. The Kier molecular flexibility index (Phi) is 8.21. The number of benzene rings is 4. The summed E-state index contributed by atoms with van der Waals surface area (Å²) < 4.78 is 5.14. The molecule has 1 aliphatic heterocycles. The molecule has 0 spiro atoms. The first kappa shape index (κ1) is 28.0. The van der Waals surface area contributed by atoms with Gasteiger partial charge in [-0.05, 0) is 96.7 Å². The number of amidine groups is 1. The van der Waals surface area contributed by atoms with Gasteiger partial charge >= 0.3 is 5.97 Å². The summed E-state index contributed by atoms with van der Waals surface area (Å²) >= 11 is 0.952. The number of imide groups is 1. The highest BCUT2D eigenvalue weighted by atomic mass is 32.2. The van der Waals surface area contributed by atoms with Crippen molar-refractivity contribution in [3.8, 4) is 11.5 Å². The van der Waals surface area contributed by atoms with Crippen molar-refractivity contribution in [2.24, 2.45) is 15.2 Å². The van der Waals surface area contributed by atoms with Crippen LogP contribution < -0.4 is 4.74 Å². The Morgan fingerprint density at radius 1 is 0.833 bits per heavy atom. The number of rotatable bonds is 7. The Labute approximate surface area is 244 Å². The molecule has 0 unspecified atom stereocenters. The summed E-state index contributed by atoms with van der Waals surface area (Å²) in [5.74, 6) is -1.71. The van der Waals surface area contributed by atoms with Crippen molar-refractivity contribution in [2.45, 2.75) is 0 Å². The minimum Gasteiger partial charge on any atom is -0.507 e. The van der Waals surface area contributed by atoms with Gasteiger partial charge in [0.25, 0.3) is 11.8 Å². The zero-order chi connectivity index (χ0) is 29.6. The Balaban J connectivity index is 1.48. The molecular weight excluding hydrogens is 556 g/mol. The number of aromatic carboxylic acids is 1. The normalized spacial score (nSPS) is 15.1. The molecule has 0 atom stereocenters. The van der Waals surface area contributed by atoms with E-state index >= 15 is 0 Å². The first-order valence-electron chi connectivity index (χ1n) is 12.5. The van der Waals surface area contributed by atoms with Crippen LogP contribution in [-0.2, 0) is 4.79 Å². The van der Waals surface area contributed by atoms with Crippen LogP contribution in [-0.4, -0.2) is 45.2 Å². The maximum Gasteiger partial charge on any atom is 0.335 e. The average molecular weight is 579 g/mol. The van der Waals surface area contributed by atoms with E-state index in [1.807, 2.05) is 0 Å². The highest BCUT2D eigenvalue weighted by Gasteiger charge is 2.38. The van der Waals surface area contributed by atoms with Gasteiger partial charge in [0.15, 0.2) is 5.17 Å². The molecule has 208 valence electrons. The van der Waals surface area contributed by atoms with Crippen molar-refractivity contribution in [2.75, 3.05) is 7.11 Å². The molecule has 4 aromatic carbocycles. The van der Waals surface area contributed by atoms with Gasteiger partial charge in [-0.15, -0.1) is 0 Å². The number of carboxylic acids is 1. The number of aliphatic imine (C=N–C) groups is 1. The second-order valence-corrected chi connectivity index (χ2v) is 9.82. The number of hydrogen-bond donors (Lipinski definition) is 2. The topological polar surface area (TPSA) is 141 Å². The lowest BCUT2D eigenvalue weighted by molar-refractivity contribution is -0.120. The molecular formula is C31H22N4O6S. The fraction of sp³-hybridized carbons (Fsp3) is 0.0323. The molecule has 5 rings (SSSR count). The highest BCUT2D eigenvalue weighted by Crippen LogP contribution is 2.37. The summed E-state index contributed by atoms with van der Waals surface area (Å²) in [6.45, 7) is 0. The lowest BCUT2D eigenvalue weighted by atomic mass is 10.1. The van der Waals surface area contributed by atoms with Gasteiger partial charge in [-0.3, -0.25) is 9.59 Å².